The average Bonchev–Trinajstić information content (AvgIpc) is 2.45. The van der Waals surface area contributed by atoms with Gasteiger partial charge in [0.25, 0.3) is 0 Å². The zero-order valence-corrected chi connectivity index (χ0v) is 12.7. The Kier molecular flexibility index (Phi) is 7.09. The topological polar surface area (TPSA) is 61.4 Å². The molecule has 1 unspecified atom stereocenters. The molecule has 4 heteroatoms. The standard InChI is InChI=1S/C16H26N2O2/c1-4-5-9-15(11-19)18-16(20)17-10-14-8-6-7-12(2)13(14)3/h6-8,15,19H,4-5,9-11H2,1-3H3,(H2,17,18,20). The minimum Gasteiger partial charge on any atom is -0.394 e. The molecule has 0 heterocycles. The van der Waals surface area contributed by atoms with Crippen molar-refractivity contribution in [2.75, 3.05) is 6.61 Å². The molecule has 3 N–H and O–H groups in total. The summed E-state index contributed by atoms with van der Waals surface area (Å²) in [6.45, 7) is 6.70. The predicted molar refractivity (Wildman–Crippen MR) is 81.7 cm³/mol. The molecule has 20 heavy (non-hydrogen) atoms. The molecule has 1 atom stereocenters. The Bertz CT molecular complexity index is 432. The van der Waals surface area contributed by atoms with Crippen LogP contribution in [0.5, 0.6) is 0 Å². The lowest BCUT2D eigenvalue weighted by atomic mass is 10.0. The summed E-state index contributed by atoms with van der Waals surface area (Å²) in [5.41, 5.74) is 3.55. The molecule has 112 valence electrons. The SMILES string of the molecule is CCCCC(CO)NC(=O)NCc1cccc(C)c1C. The van der Waals surface area contributed by atoms with Gasteiger partial charge in [0.1, 0.15) is 0 Å². The van der Waals surface area contributed by atoms with Crippen molar-refractivity contribution >= 4 is 6.03 Å². The quantitative estimate of drug-likeness (QED) is 0.718. The first-order valence-corrected chi connectivity index (χ1v) is 7.28. The minimum atomic E-state index is -0.221. The van der Waals surface area contributed by atoms with Gasteiger partial charge in [-0.25, -0.2) is 4.79 Å². The van der Waals surface area contributed by atoms with Crippen LogP contribution >= 0.6 is 0 Å². The Labute approximate surface area is 121 Å². The van der Waals surface area contributed by atoms with Crippen LogP contribution in [0.15, 0.2) is 18.2 Å². The monoisotopic (exact) mass is 278 g/mol. The van der Waals surface area contributed by atoms with Gasteiger partial charge >= 0.3 is 6.03 Å². The summed E-state index contributed by atoms with van der Waals surface area (Å²) in [7, 11) is 0. The van der Waals surface area contributed by atoms with Gasteiger partial charge in [0.2, 0.25) is 0 Å². The number of aliphatic hydroxyl groups is 1. The number of aliphatic hydroxyl groups excluding tert-OH is 1. The lowest BCUT2D eigenvalue weighted by Gasteiger charge is -2.17. The second-order valence-electron chi connectivity index (χ2n) is 5.21. The molecule has 0 fully saturated rings. The zero-order valence-electron chi connectivity index (χ0n) is 12.7. The highest BCUT2D eigenvalue weighted by Crippen LogP contribution is 2.12. The van der Waals surface area contributed by atoms with E-state index in [2.05, 4.69) is 37.5 Å². The van der Waals surface area contributed by atoms with Crippen LogP contribution in [-0.4, -0.2) is 23.8 Å². The predicted octanol–water partition coefficient (Wildman–Crippen LogP) is 2.65. The molecule has 0 aliphatic heterocycles. The molecule has 0 spiro atoms. The summed E-state index contributed by atoms with van der Waals surface area (Å²) >= 11 is 0. The van der Waals surface area contributed by atoms with Crippen molar-refractivity contribution in [1.82, 2.24) is 10.6 Å². The molecule has 2 amide bonds. The van der Waals surface area contributed by atoms with Gasteiger partial charge in [-0.1, -0.05) is 38.0 Å². The number of carbonyl (C=O) groups excluding carboxylic acids is 1. The number of carbonyl (C=O) groups is 1. The van der Waals surface area contributed by atoms with Gasteiger partial charge in [-0.2, -0.15) is 0 Å². The van der Waals surface area contributed by atoms with Crippen molar-refractivity contribution in [2.24, 2.45) is 0 Å². The first kappa shape index (κ1) is 16.5. The fourth-order valence-electron chi connectivity index (χ4n) is 2.07. The van der Waals surface area contributed by atoms with Crippen LogP contribution in [0.2, 0.25) is 0 Å². The van der Waals surface area contributed by atoms with Crippen molar-refractivity contribution in [3.63, 3.8) is 0 Å². The maximum absolute atomic E-state index is 11.8. The molecule has 0 radical (unpaired) electrons. The fraction of sp³-hybridized carbons (Fsp3) is 0.562. The highest BCUT2D eigenvalue weighted by atomic mass is 16.3. The molecule has 0 saturated carbocycles. The van der Waals surface area contributed by atoms with E-state index >= 15 is 0 Å². The largest absolute Gasteiger partial charge is 0.394 e. The number of nitrogens with one attached hydrogen (secondary N) is 2. The van der Waals surface area contributed by atoms with Crippen molar-refractivity contribution in [3.05, 3.63) is 34.9 Å². The maximum Gasteiger partial charge on any atom is 0.315 e. The molecule has 0 bridgehead atoms. The molecular formula is C16H26N2O2. The summed E-state index contributed by atoms with van der Waals surface area (Å²) in [5.74, 6) is 0. The molecular weight excluding hydrogens is 252 g/mol. The van der Waals surface area contributed by atoms with E-state index in [-0.39, 0.29) is 18.7 Å². The summed E-state index contributed by atoms with van der Waals surface area (Å²) in [4.78, 5) is 11.8. The highest BCUT2D eigenvalue weighted by molar-refractivity contribution is 5.74. The van der Waals surface area contributed by atoms with E-state index in [1.807, 2.05) is 12.1 Å². The number of hydrogen-bond donors (Lipinski definition) is 3. The Balaban J connectivity index is 2.44. The van der Waals surface area contributed by atoms with Crippen LogP contribution < -0.4 is 10.6 Å². The van der Waals surface area contributed by atoms with E-state index in [1.54, 1.807) is 0 Å². The molecule has 0 saturated heterocycles. The summed E-state index contributed by atoms with van der Waals surface area (Å²) in [6.07, 6.45) is 2.87. The van der Waals surface area contributed by atoms with Crippen molar-refractivity contribution in [1.29, 1.82) is 0 Å². The number of hydrogen-bond acceptors (Lipinski definition) is 2. The van der Waals surface area contributed by atoms with Crippen molar-refractivity contribution in [3.8, 4) is 0 Å². The number of benzene rings is 1. The van der Waals surface area contributed by atoms with Crippen LogP contribution in [0.1, 0.15) is 42.9 Å². The molecule has 0 aliphatic carbocycles. The van der Waals surface area contributed by atoms with Gasteiger partial charge in [-0.15, -0.1) is 0 Å². The van der Waals surface area contributed by atoms with E-state index < -0.39 is 0 Å². The van der Waals surface area contributed by atoms with Crippen molar-refractivity contribution < 1.29 is 9.90 Å². The zero-order chi connectivity index (χ0) is 15.0. The summed E-state index contributed by atoms with van der Waals surface area (Å²) in [5, 5.41) is 14.9. The van der Waals surface area contributed by atoms with Crippen LogP contribution in [-0.2, 0) is 6.54 Å². The molecule has 1 rings (SSSR count). The Hall–Kier alpha value is -1.55. The van der Waals surface area contributed by atoms with Gasteiger partial charge < -0.3 is 15.7 Å². The second kappa shape index (κ2) is 8.59. The van der Waals surface area contributed by atoms with E-state index in [9.17, 15) is 9.90 Å². The number of unbranched alkanes of at least 4 members (excludes halogenated alkanes) is 1. The Morgan fingerprint density at radius 2 is 2.10 bits per heavy atom. The van der Waals surface area contributed by atoms with Crippen LogP contribution in [0, 0.1) is 13.8 Å². The number of aryl methyl sites for hydroxylation is 1. The first-order valence-electron chi connectivity index (χ1n) is 7.28. The van der Waals surface area contributed by atoms with Gasteiger partial charge in [0, 0.05) is 6.54 Å². The third-order valence-electron chi connectivity index (χ3n) is 3.62. The molecule has 1 aromatic rings. The second-order valence-corrected chi connectivity index (χ2v) is 5.21. The number of urea groups is 1. The van der Waals surface area contributed by atoms with Gasteiger partial charge in [-0.3, -0.25) is 0 Å². The summed E-state index contributed by atoms with van der Waals surface area (Å²) < 4.78 is 0. The third-order valence-corrected chi connectivity index (χ3v) is 3.62. The molecule has 0 aromatic heterocycles. The lowest BCUT2D eigenvalue weighted by Crippen LogP contribution is -2.43. The van der Waals surface area contributed by atoms with Gasteiger partial charge in [-0.05, 0) is 37.0 Å². The van der Waals surface area contributed by atoms with E-state index in [1.165, 1.54) is 11.1 Å². The summed E-state index contributed by atoms with van der Waals surface area (Å²) in [6, 6.07) is 5.69. The first-order chi connectivity index (χ1) is 9.58. The van der Waals surface area contributed by atoms with Gasteiger partial charge in [0.15, 0.2) is 0 Å². The number of rotatable bonds is 7. The van der Waals surface area contributed by atoms with E-state index in [0.29, 0.717) is 6.54 Å². The molecule has 4 nitrogen and oxygen atoms in total. The Morgan fingerprint density at radius 1 is 1.35 bits per heavy atom. The lowest BCUT2D eigenvalue weighted by molar-refractivity contribution is 0.211. The maximum atomic E-state index is 11.8. The third kappa shape index (κ3) is 5.21. The highest BCUT2D eigenvalue weighted by Gasteiger charge is 2.10. The smallest absolute Gasteiger partial charge is 0.315 e. The Morgan fingerprint density at radius 3 is 2.75 bits per heavy atom. The molecule has 0 aliphatic rings. The van der Waals surface area contributed by atoms with Gasteiger partial charge in [0.05, 0.1) is 12.6 Å². The van der Waals surface area contributed by atoms with E-state index in [0.717, 1.165) is 24.8 Å². The normalized spacial score (nSPS) is 12.0. The number of amides is 2. The van der Waals surface area contributed by atoms with Crippen LogP contribution in [0.4, 0.5) is 4.79 Å². The minimum absolute atomic E-state index is 0.0170. The fourth-order valence-corrected chi connectivity index (χ4v) is 2.07. The van der Waals surface area contributed by atoms with E-state index in [4.69, 9.17) is 0 Å². The average molecular weight is 278 g/mol. The van der Waals surface area contributed by atoms with Crippen LogP contribution in [0.3, 0.4) is 0 Å². The van der Waals surface area contributed by atoms with Crippen LogP contribution in [0.25, 0.3) is 0 Å². The molecule has 1 aromatic carbocycles. The van der Waals surface area contributed by atoms with Crippen molar-refractivity contribution in [2.45, 2.75) is 52.6 Å².